The number of unbranched alkanes of at least 4 members (excludes halogenated alkanes) is 3. The van der Waals surface area contributed by atoms with Gasteiger partial charge in [-0.1, -0.05) is 52.2 Å². The third-order valence-corrected chi connectivity index (χ3v) is 2.77. The van der Waals surface area contributed by atoms with E-state index < -0.39 is 0 Å². The molecule has 0 aliphatic heterocycles. The smallest absolute Gasteiger partial charge is 0.119 e. The molecule has 1 heteroatoms. The lowest BCUT2D eigenvalue weighted by Crippen LogP contribution is -1.98. The molecule has 0 aliphatic rings. The maximum Gasteiger partial charge on any atom is 0.119 e. The van der Waals surface area contributed by atoms with Gasteiger partial charge in [-0.15, -0.1) is 0 Å². The van der Waals surface area contributed by atoms with Crippen molar-refractivity contribution in [1.82, 2.24) is 0 Å². The minimum atomic E-state index is 0.468. The van der Waals surface area contributed by atoms with Crippen LogP contribution in [0.3, 0.4) is 0 Å². The van der Waals surface area contributed by atoms with Gasteiger partial charge >= 0.3 is 0 Å². The van der Waals surface area contributed by atoms with Gasteiger partial charge in [-0.25, -0.2) is 0 Å². The molecule has 95 valence electrons. The Morgan fingerprint density at radius 2 is 1.82 bits per heavy atom. The average Bonchev–Trinajstić information content (AvgIpc) is 2.30. The van der Waals surface area contributed by atoms with E-state index in [9.17, 15) is 0 Å². The van der Waals surface area contributed by atoms with Crippen LogP contribution in [0.4, 0.5) is 0 Å². The molecule has 1 atom stereocenters. The van der Waals surface area contributed by atoms with Crippen molar-refractivity contribution in [3.63, 3.8) is 0 Å². The zero-order chi connectivity index (χ0) is 12.5. The van der Waals surface area contributed by atoms with Gasteiger partial charge in [0.05, 0.1) is 6.61 Å². The van der Waals surface area contributed by atoms with Gasteiger partial charge in [0.2, 0.25) is 0 Å². The van der Waals surface area contributed by atoms with Crippen molar-refractivity contribution in [3.05, 3.63) is 36.8 Å². The highest BCUT2D eigenvalue weighted by atomic mass is 16.5. The summed E-state index contributed by atoms with van der Waals surface area (Å²) in [6, 6.07) is 8.42. The van der Waals surface area contributed by atoms with E-state index in [-0.39, 0.29) is 0 Å². The van der Waals surface area contributed by atoms with E-state index in [0.29, 0.717) is 5.92 Å². The van der Waals surface area contributed by atoms with Crippen molar-refractivity contribution in [2.45, 2.75) is 46.0 Å². The fraction of sp³-hybridized carbons (Fsp3) is 0.562. The Morgan fingerprint density at radius 3 is 2.41 bits per heavy atom. The van der Waals surface area contributed by atoms with Gasteiger partial charge in [-0.3, -0.25) is 0 Å². The molecule has 1 aromatic rings. The van der Waals surface area contributed by atoms with Gasteiger partial charge in [0.15, 0.2) is 0 Å². The quantitative estimate of drug-likeness (QED) is 0.593. The normalized spacial score (nSPS) is 10.8. The molecule has 0 spiro atoms. The largest absolute Gasteiger partial charge is 0.494 e. The van der Waals surface area contributed by atoms with Crippen LogP contribution in [0.15, 0.2) is 24.3 Å². The highest BCUT2D eigenvalue weighted by Gasteiger charge is 1.98. The summed E-state index contributed by atoms with van der Waals surface area (Å²) in [5, 5.41) is 0. The van der Waals surface area contributed by atoms with Crippen molar-refractivity contribution in [3.8, 4) is 5.75 Å². The molecular formula is C16H25O. The van der Waals surface area contributed by atoms with Crippen LogP contribution in [-0.4, -0.2) is 6.61 Å². The topological polar surface area (TPSA) is 9.23 Å². The van der Waals surface area contributed by atoms with Crippen LogP contribution in [0.2, 0.25) is 0 Å². The van der Waals surface area contributed by atoms with Gasteiger partial charge in [0.25, 0.3) is 0 Å². The van der Waals surface area contributed by atoms with Crippen molar-refractivity contribution in [2.75, 3.05) is 6.61 Å². The second-order valence-electron chi connectivity index (χ2n) is 4.86. The second kappa shape index (κ2) is 8.16. The molecular weight excluding hydrogens is 208 g/mol. The molecule has 1 rings (SSSR count). The summed E-state index contributed by atoms with van der Waals surface area (Å²) in [5.41, 5.74) is 1.34. The van der Waals surface area contributed by atoms with Gasteiger partial charge in [-0.05, 0) is 36.5 Å². The molecule has 1 unspecified atom stereocenters. The fourth-order valence-electron chi connectivity index (χ4n) is 1.84. The minimum absolute atomic E-state index is 0.468. The highest BCUT2D eigenvalue weighted by Crippen LogP contribution is 2.15. The number of ether oxygens (including phenoxy) is 1. The predicted molar refractivity (Wildman–Crippen MR) is 74.3 cm³/mol. The first kappa shape index (κ1) is 14.1. The summed E-state index contributed by atoms with van der Waals surface area (Å²) in [5.74, 6) is 1.46. The Labute approximate surface area is 106 Å². The van der Waals surface area contributed by atoms with Crippen LogP contribution in [0.5, 0.6) is 5.75 Å². The van der Waals surface area contributed by atoms with Crippen molar-refractivity contribution in [2.24, 2.45) is 5.92 Å². The van der Waals surface area contributed by atoms with Crippen LogP contribution < -0.4 is 4.74 Å². The summed E-state index contributed by atoms with van der Waals surface area (Å²) in [4.78, 5) is 0. The fourth-order valence-corrected chi connectivity index (χ4v) is 1.84. The van der Waals surface area contributed by atoms with E-state index in [0.717, 1.165) is 25.2 Å². The Hall–Kier alpha value is -0.980. The highest BCUT2D eigenvalue weighted by molar-refractivity contribution is 5.27. The van der Waals surface area contributed by atoms with Crippen LogP contribution in [0.1, 0.15) is 45.1 Å². The van der Waals surface area contributed by atoms with Gasteiger partial charge in [-0.2, -0.15) is 0 Å². The molecule has 0 aliphatic carbocycles. The van der Waals surface area contributed by atoms with Crippen LogP contribution in [-0.2, 0) is 6.42 Å². The van der Waals surface area contributed by atoms with Crippen molar-refractivity contribution < 1.29 is 4.74 Å². The van der Waals surface area contributed by atoms with E-state index in [1.807, 2.05) is 0 Å². The number of hydrogen-bond donors (Lipinski definition) is 0. The third kappa shape index (κ3) is 6.35. The molecule has 0 bridgehead atoms. The van der Waals surface area contributed by atoms with Gasteiger partial charge in [0.1, 0.15) is 5.75 Å². The first-order valence-electron chi connectivity index (χ1n) is 6.77. The number of hydrogen-bond acceptors (Lipinski definition) is 1. The Morgan fingerprint density at radius 1 is 1.12 bits per heavy atom. The second-order valence-corrected chi connectivity index (χ2v) is 4.86. The third-order valence-electron chi connectivity index (χ3n) is 2.77. The SMILES string of the molecule is [CH2]C(C)Cc1ccc(OCCCCCC)cc1. The zero-order valence-corrected chi connectivity index (χ0v) is 11.2. The number of rotatable bonds is 8. The van der Waals surface area contributed by atoms with E-state index >= 15 is 0 Å². The standard InChI is InChI=1S/C16H25O/c1-4-5-6-7-12-17-16-10-8-15(9-11-16)13-14(2)3/h8-11,14H,2,4-7,12-13H2,1,3H3. The predicted octanol–water partition coefficient (Wildman–Crippen LogP) is 4.66. The molecule has 17 heavy (non-hydrogen) atoms. The molecule has 0 fully saturated rings. The van der Waals surface area contributed by atoms with Crippen molar-refractivity contribution >= 4 is 0 Å². The summed E-state index contributed by atoms with van der Waals surface area (Å²) in [6.45, 7) is 9.20. The zero-order valence-electron chi connectivity index (χ0n) is 11.2. The first-order chi connectivity index (χ1) is 8.22. The molecule has 0 heterocycles. The summed E-state index contributed by atoms with van der Waals surface area (Å²) in [6.07, 6.45) is 6.05. The van der Waals surface area contributed by atoms with Crippen LogP contribution in [0.25, 0.3) is 0 Å². The van der Waals surface area contributed by atoms with E-state index in [4.69, 9.17) is 4.74 Å². The lowest BCUT2D eigenvalue weighted by Gasteiger charge is -2.08. The molecule has 0 saturated carbocycles. The molecule has 1 nitrogen and oxygen atoms in total. The monoisotopic (exact) mass is 233 g/mol. The van der Waals surface area contributed by atoms with Crippen molar-refractivity contribution in [1.29, 1.82) is 0 Å². The average molecular weight is 233 g/mol. The lowest BCUT2D eigenvalue weighted by molar-refractivity contribution is 0.305. The van der Waals surface area contributed by atoms with E-state index in [1.54, 1.807) is 0 Å². The maximum absolute atomic E-state index is 5.70. The van der Waals surface area contributed by atoms with E-state index in [1.165, 1.54) is 24.8 Å². The first-order valence-corrected chi connectivity index (χ1v) is 6.77. The maximum atomic E-state index is 5.70. The van der Waals surface area contributed by atoms with Gasteiger partial charge < -0.3 is 4.74 Å². The Kier molecular flexibility index (Phi) is 6.76. The summed E-state index contributed by atoms with van der Waals surface area (Å²) in [7, 11) is 0. The molecule has 0 N–H and O–H groups in total. The Balaban J connectivity index is 2.25. The Bertz CT molecular complexity index is 287. The molecule has 1 radical (unpaired) electrons. The molecule has 0 saturated heterocycles. The minimum Gasteiger partial charge on any atom is -0.494 e. The van der Waals surface area contributed by atoms with E-state index in [2.05, 4.69) is 45.0 Å². The molecule has 0 aromatic heterocycles. The summed E-state index contributed by atoms with van der Waals surface area (Å²) >= 11 is 0. The van der Waals surface area contributed by atoms with Gasteiger partial charge in [0, 0.05) is 0 Å². The molecule has 0 amide bonds. The van der Waals surface area contributed by atoms with Crippen LogP contribution >= 0.6 is 0 Å². The summed E-state index contributed by atoms with van der Waals surface area (Å²) < 4.78 is 5.70. The van der Waals surface area contributed by atoms with Crippen LogP contribution in [0, 0.1) is 12.8 Å². The lowest BCUT2D eigenvalue weighted by atomic mass is 10.0. The molecule has 1 aromatic carbocycles. The number of benzene rings is 1.